The number of aromatic amines is 1. The Labute approximate surface area is 190 Å². The second kappa shape index (κ2) is 8.30. The lowest BCUT2D eigenvalue weighted by molar-refractivity contribution is 0.0695. The standard InChI is InChI=1S/C25H23ClN2O4/c1-14-7-10-17(11-18(14)23(29)30)32-24-27-21-12-19(20(26)13-22(21)28-24)15-5-4-6-16(9-8-15)25(2,3)31/h4-5,7-13,31H,6H2,1-3H3,(H,27,28)(H,29,30). The third-order valence-electron chi connectivity index (χ3n) is 5.40. The number of allylic oxidation sites excluding steroid dienone is 5. The highest BCUT2D eigenvalue weighted by atomic mass is 35.5. The van der Waals surface area contributed by atoms with Gasteiger partial charge in [-0.3, -0.25) is 0 Å². The number of aryl methyl sites for hydroxylation is 1. The minimum absolute atomic E-state index is 0.175. The Kier molecular flexibility index (Phi) is 5.67. The van der Waals surface area contributed by atoms with Crippen LogP contribution in [0.3, 0.4) is 0 Å². The Hall–Kier alpha value is -3.35. The largest absolute Gasteiger partial charge is 0.478 e. The molecule has 0 spiro atoms. The molecule has 1 aromatic heterocycles. The summed E-state index contributed by atoms with van der Waals surface area (Å²) in [6.45, 7) is 5.26. The summed E-state index contributed by atoms with van der Waals surface area (Å²) in [5.74, 6) is -0.641. The fourth-order valence-corrected chi connectivity index (χ4v) is 3.82. The number of aromatic carboxylic acids is 1. The van der Waals surface area contributed by atoms with Crippen LogP contribution in [-0.2, 0) is 0 Å². The van der Waals surface area contributed by atoms with Crippen LogP contribution in [0.2, 0.25) is 5.02 Å². The summed E-state index contributed by atoms with van der Waals surface area (Å²) < 4.78 is 5.77. The minimum Gasteiger partial charge on any atom is -0.478 e. The average Bonchev–Trinajstić information content (AvgIpc) is 2.92. The number of benzene rings is 2. The molecule has 3 N–H and O–H groups in total. The molecule has 4 rings (SSSR count). The summed E-state index contributed by atoms with van der Waals surface area (Å²) in [7, 11) is 0. The van der Waals surface area contributed by atoms with Gasteiger partial charge in [-0.15, -0.1) is 0 Å². The molecule has 3 aromatic rings. The zero-order valence-electron chi connectivity index (χ0n) is 17.9. The Morgan fingerprint density at radius 1 is 1.22 bits per heavy atom. The highest BCUT2D eigenvalue weighted by Crippen LogP contribution is 2.33. The van der Waals surface area contributed by atoms with E-state index in [1.807, 2.05) is 30.4 Å². The van der Waals surface area contributed by atoms with Gasteiger partial charge in [0.15, 0.2) is 0 Å². The second-order valence-corrected chi connectivity index (χ2v) is 8.66. The molecule has 6 nitrogen and oxygen atoms in total. The number of hydrogen-bond donors (Lipinski definition) is 3. The first-order valence-corrected chi connectivity index (χ1v) is 10.5. The number of halogens is 1. The second-order valence-electron chi connectivity index (χ2n) is 8.25. The molecule has 164 valence electrons. The van der Waals surface area contributed by atoms with Crippen LogP contribution in [0.25, 0.3) is 16.6 Å². The number of aliphatic hydroxyl groups is 1. The first-order valence-electron chi connectivity index (χ1n) is 10.1. The Morgan fingerprint density at radius 2 is 2.00 bits per heavy atom. The maximum atomic E-state index is 11.4. The lowest BCUT2D eigenvalue weighted by Gasteiger charge is -2.19. The number of imidazole rings is 1. The Bertz CT molecular complexity index is 1310. The van der Waals surface area contributed by atoms with Gasteiger partial charge < -0.3 is 19.9 Å². The van der Waals surface area contributed by atoms with Gasteiger partial charge in [0.2, 0.25) is 0 Å². The number of rotatable bonds is 5. The molecule has 0 aliphatic heterocycles. The van der Waals surface area contributed by atoms with Gasteiger partial charge in [-0.1, -0.05) is 42.0 Å². The van der Waals surface area contributed by atoms with E-state index in [1.165, 1.54) is 6.07 Å². The number of carbonyl (C=O) groups is 1. The summed E-state index contributed by atoms with van der Waals surface area (Å²) in [6, 6.07) is 8.75. The number of carboxylic acid groups (broad SMARTS) is 1. The molecule has 0 radical (unpaired) electrons. The zero-order chi connectivity index (χ0) is 23.0. The van der Waals surface area contributed by atoms with Gasteiger partial charge in [0.05, 0.1) is 27.2 Å². The van der Waals surface area contributed by atoms with Crippen molar-refractivity contribution in [2.24, 2.45) is 0 Å². The number of hydrogen-bond acceptors (Lipinski definition) is 4. The Morgan fingerprint density at radius 3 is 2.72 bits per heavy atom. The van der Waals surface area contributed by atoms with E-state index in [1.54, 1.807) is 39.0 Å². The molecule has 0 amide bonds. The summed E-state index contributed by atoms with van der Waals surface area (Å²) in [5, 5.41) is 20.2. The highest BCUT2D eigenvalue weighted by molar-refractivity contribution is 6.33. The first-order chi connectivity index (χ1) is 15.1. The molecule has 0 unspecified atom stereocenters. The van der Waals surface area contributed by atoms with Gasteiger partial charge in [0.1, 0.15) is 5.75 Å². The highest BCUT2D eigenvalue weighted by Gasteiger charge is 2.19. The van der Waals surface area contributed by atoms with Crippen LogP contribution in [0.15, 0.2) is 60.2 Å². The van der Waals surface area contributed by atoms with Crippen LogP contribution in [0.1, 0.15) is 41.8 Å². The molecule has 0 saturated carbocycles. The number of H-pyrrole nitrogens is 1. The SMILES string of the molecule is Cc1ccc(Oc2nc3cc(C4=CC=C(C(C)(C)O)CC=C4)c(Cl)cc3[nH]2)cc1C(=O)O. The van der Waals surface area contributed by atoms with E-state index in [2.05, 4.69) is 9.97 Å². The molecule has 0 saturated heterocycles. The van der Waals surface area contributed by atoms with Gasteiger partial charge in [0, 0.05) is 5.56 Å². The molecule has 0 fully saturated rings. The summed E-state index contributed by atoms with van der Waals surface area (Å²) in [6.07, 6.45) is 8.49. The predicted molar refractivity (Wildman–Crippen MR) is 125 cm³/mol. The van der Waals surface area contributed by atoms with E-state index in [0.717, 1.165) is 16.7 Å². The van der Waals surface area contributed by atoms with Crippen LogP contribution in [-0.4, -0.2) is 31.8 Å². The van der Waals surface area contributed by atoms with Crippen molar-refractivity contribution in [2.75, 3.05) is 0 Å². The van der Waals surface area contributed by atoms with Crippen molar-refractivity contribution in [2.45, 2.75) is 32.8 Å². The van der Waals surface area contributed by atoms with Gasteiger partial charge in [-0.2, -0.15) is 4.98 Å². The minimum atomic E-state index is -1.01. The zero-order valence-corrected chi connectivity index (χ0v) is 18.7. The molecule has 0 bridgehead atoms. The fourth-order valence-electron chi connectivity index (χ4n) is 3.54. The molecule has 1 aliphatic carbocycles. The third-order valence-corrected chi connectivity index (χ3v) is 5.71. The van der Waals surface area contributed by atoms with Crippen LogP contribution in [0, 0.1) is 6.92 Å². The number of carboxylic acids is 1. The topological polar surface area (TPSA) is 95.4 Å². The molecular weight excluding hydrogens is 428 g/mol. The fraction of sp³-hybridized carbons (Fsp3) is 0.200. The van der Waals surface area contributed by atoms with Crippen LogP contribution in [0.4, 0.5) is 0 Å². The number of aromatic nitrogens is 2. The van der Waals surface area contributed by atoms with Crippen LogP contribution < -0.4 is 4.74 Å². The van der Waals surface area contributed by atoms with Gasteiger partial charge in [-0.25, -0.2) is 4.79 Å². The lowest BCUT2D eigenvalue weighted by Crippen LogP contribution is -2.21. The number of ether oxygens (including phenoxy) is 1. The van der Waals surface area contributed by atoms with Crippen molar-refractivity contribution in [3.63, 3.8) is 0 Å². The van der Waals surface area contributed by atoms with Gasteiger partial charge in [0.25, 0.3) is 6.01 Å². The smallest absolute Gasteiger partial charge is 0.336 e. The maximum absolute atomic E-state index is 11.4. The first kappa shape index (κ1) is 21.9. The average molecular weight is 451 g/mol. The Balaban J connectivity index is 1.67. The van der Waals surface area contributed by atoms with E-state index < -0.39 is 11.6 Å². The van der Waals surface area contributed by atoms with Crippen molar-refractivity contribution >= 4 is 34.2 Å². The normalized spacial score (nSPS) is 14.2. The van der Waals surface area contributed by atoms with Crippen molar-refractivity contribution in [1.82, 2.24) is 9.97 Å². The molecule has 7 heteroatoms. The summed E-state index contributed by atoms with van der Waals surface area (Å²) in [5.41, 5.74) is 3.92. The van der Waals surface area contributed by atoms with Gasteiger partial charge in [-0.05, 0) is 68.2 Å². The molecule has 2 aromatic carbocycles. The summed E-state index contributed by atoms with van der Waals surface area (Å²) in [4.78, 5) is 18.9. The number of nitrogens with zero attached hydrogens (tertiary/aromatic N) is 1. The van der Waals surface area contributed by atoms with Crippen molar-refractivity contribution < 1.29 is 19.7 Å². The van der Waals surface area contributed by atoms with E-state index in [4.69, 9.17) is 16.3 Å². The predicted octanol–water partition coefficient (Wildman–Crippen LogP) is 6.06. The quantitative estimate of drug-likeness (QED) is 0.439. The molecule has 32 heavy (non-hydrogen) atoms. The van der Waals surface area contributed by atoms with E-state index in [9.17, 15) is 15.0 Å². The van der Waals surface area contributed by atoms with E-state index in [-0.39, 0.29) is 11.6 Å². The third kappa shape index (κ3) is 4.47. The lowest BCUT2D eigenvalue weighted by atomic mass is 9.95. The van der Waals surface area contributed by atoms with Crippen LogP contribution in [0.5, 0.6) is 11.8 Å². The number of nitrogens with one attached hydrogen (secondary N) is 1. The molecular formula is C25H23ClN2O4. The molecule has 1 aliphatic rings. The summed E-state index contributed by atoms with van der Waals surface area (Å²) >= 11 is 6.56. The van der Waals surface area contributed by atoms with Gasteiger partial charge >= 0.3 is 5.97 Å². The van der Waals surface area contributed by atoms with E-state index >= 15 is 0 Å². The van der Waals surface area contributed by atoms with Crippen LogP contribution >= 0.6 is 11.6 Å². The van der Waals surface area contributed by atoms with Crippen molar-refractivity contribution in [1.29, 1.82) is 0 Å². The van der Waals surface area contributed by atoms with Crippen molar-refractivity contribution in [3.05, 3.63) is 81.9 Å². The number of fused-ring (bicyclic) bond motifs is 1. The van der Waals surface area contributed by atoms with Crippen molar-refractivity contribution in [3.8, 4) is 11.8 Å². The maximum Gasteiger partial charge on any atom is 0.336 e. The molecule has 1 heterocycles. The monoisotopic (exact) mass is 450 g/mol. The molecule has 0 atom stereocenters. The van der Waals surface area contributed by atoms with E-state index in [0.29, 0.717) is 33.8 Å².